The fraction of sp³-hybridized carbons (Fsp3) is 0.389. The normalized spacial score (nSPS) is 13.7. The van der Waals surface area contributed by atoms with Crippen molar-refractivity contribution in [1.82, 2.24) is 19.7 Å². The Kier molecular flexibility index (Phi) is 3.64. The first kappa shape index (κ1) is 15.3. The van der Waals surface area contributed by atoms with E-state index in [1.54, 1.807) is 11.3 Å². The molecule has 0 saturated heterocycles. The number of pyridine rings is 1. The van der Waals surface area contributed by atoms with E-state index in [4.69, 9.17) is 10.8 Å². The fourth-order valence-corrected chi connectivity index (χ4v) is 4.26. The molecule has 2 N–H and O–H groups in total. The number of fused-ring (bicyclic) bond motifs is 3. The van der Waals surface area contributed by atoms with E-state index < -0.39 is 0 Å². The molecule has 0 aliphatic heterocycles. The number of aryl methyl sites for hydroxylation is 2. The van der Waals surface area contributed by atoms with Crippen molar-refractivity contribution in [2.24, 2.45) is 0 Å². The van der Waals surface area contributed by atoms with Gasteiger partial charge >= 0.3 is 0 Å². The lowest BCUT2D eigenvalue weighted by molar-refractivity contribution is 0.540. The maximum Gasteiger partial charge on any atom is 0.180 e. The van der Waals surface area contributed by atoms with Gasteiger partial charge in [0, 0.05) is 29.1 Å². The Balaban J connectivity index is 1.98. The van der Waals surface area contributed by atoms with Crippen LogP contribution in [-0.4, -0.2) is 19.7 Å². The molecule has 0 saturated carbocycles. The summed E-state index contributed by atoms with van der Waals surface area (Å²) in [4.78, 5) is 10.2. The van der Waals surface area contributed by atoms with Gasteiger partial charge in [0.05, 0.1) is 22.0 Å². The second kappa shape index (κ2) is 5.70. The Labute approximate surface area is 145 Å². The summed E-state index contributed by atoms with van der Waals surface area (Å²) in [6.07, 6.45) is 4.98. The molecule has 0 unspecified atom stereocenters. The Morgan fingerprint density at radius 2 is 2.08 bits per heavy atom. The van der Waals surface area contributed by atoms with Crippen molar-refractivity contribution >= 4 is 16.5 Å². The highest BCUT2D eigenvalue weighted by molar-refractivity contribution is 7.18. The molecule has 0 bridgehead atoms. The molecule has 1 aliphatic carbocycles. The number of thiazole rings is 1. The van der Waals surface area contributed by atoms with Crippen LogP contribution in [0.2, 0.25) is 0 Å². The number of hydrogen-bond donors (Lipinski definition) is 1. The molecule has 0 atom stereocenters. The number of nitrogen functional groups attached to an aromatic ring is 1. The number of nitrogens with zero attached hydrogens (tertiary/aromatic N) is 4. The van der Waals surface area contributed by atoms with Gasteiger partial charge < -0.3 is 5.73 Å². The van der Waals surface area contributed by atoms with Crippen LogP contribution in [0, 0.1) is 6.92 Å². The maximum absolute atomic E-state index is 5.99. The summed E-state index contributed by atoms with van der Waals surface area (Å²) in [5.41, 5.74) is 12.8. The Bertz CT molecular complexity index is 889. The van der Waals surface area contributed by atoms with Crippen molar-refractivity contribution in [3.63, 3.8) is 0 Å². The largest absolute Gasteiger partial charge is 0.375 e. The van der Waals surface area contributed by atoms with E-state index in [9.17, 15) is 0 Å². The van der Waals surface area contributed by atoms with Gasteiger partial charge in [0.2, 0.25) is 0 Å². The van der Waals surface area contributed by atoms with E-state index in [0.717, 1.165) is 41.9 Å². The minimum absolute atomic E-state index is 0.278. The van der Waals surface area contributed by atoms with Crippen LogP contribution in [0.4, 0.5) is 5.13 Å². The topological polar surface area (TPSA) is 69.6 Å². The van der Waals surface area contributed by atoms with Gasteiger partial charge in [-0.1, -0.05) is 11.3 Å². The van der Waals surface area contributed by atoms with Crippen molar-refractivity contribution in [3.05, 3.63) is 35.3 Å². The van der Waals surface area contributed by atoms with E-state index >= 15 is 0 Å². The molecule has 0 radical (unpaired) electrons. The lowest BCUT2D eigenvalue weighted by Gasteiger charge is -2.10. The predicted octanol–water partition coefficient (Wildman–Crippen LogP) is 4.03. The first-order chi connectivity index (χ1) is 11.5. The molecule has 124 valence electrons. The van der Waals surface area contributed by atoms with E-state index in [1.807, 2.05) is 19.2 Å². The van der Waals surface area contributed by atoms with Crippen LogP contribution in [0.5, 0.6) is 0 Å². The third kappa shape index (κ3) is 2.41. The number of anilines is 1. The van der Waals surface area contributed by atoms with Crippen LogP contribution in [0.15, 0.2) is 18.3 Å². The van der Waals surface area contributed by atoms with E-state index in [0.29, 0.717) is 5.13 Å². The number of aromatic nitrogens is 4. The van der Waals surface area contributed by atoms with Gasteiger partial charge in [-0.2, -0.15) is 5.10 Å². The minimum Gasteiger partial charge on any atom is -0.375 e. The molecule has 3 aromatic heterocycles. The molecular weight excluding hydrogens is 318 g/mol. The molecule has 0 aromatic carbocycles. The number of hydrogen-bond acceptors (Lipinski definition) is 5. The van der Waals surface area contributed by atoms with Gasteiger partial charge in [-0.25, -0.2) is 4.98 Å². The molecular formula is C18H21N5S. The highest BCUT2D eigenvalue weighted by Gasteiger charge is 2.28. The molecule has 4 rings (SSSR count). The van der Waals surface area contributed by atoms with Gasteiger partial charge in [0.15, 0.2) is 5.13 Å². The Morgan fingerprint density at radius 1 is 1.25 bits per heavy atom. The highest BCUT2D eigenvalue weighted by atomic mass is 32.1. The standard InChI is InChI=1S/C18H21N5S/c1-10(2)23-16-13(5-4-6-14-17(16)24-18(19)21-14)15(22-23)12-8-7-11(3)20-9-12/h7-10H,4-6H2,1-3H3,(H2,19,21). The van der Waals surface area contributed by atoms with E-state index in [1.165, 1.54) is 16.1 Å². The summed E-state index contributed by atoms with van der Waals surface area (Å²) in [5, 5.41) is 5.60. The van der Waals surface area contributed by atoms with Gasteiger partial charge in [-0.05, 0) is 52.2 Å². The van der Waals surface area contributed by atoms with Gasteiger partial charge in [0.1, 0.15) is 0 Å². The molecule has 0 amide bonds. The summed E-state index contributed by atoms with van der Waals surface area (Å²) in [7, 11) is 0. The lowest BCUT2D eigenvalue weighted by Crippen LogP contribution is -2.05. The SMILES string of the molecule is Cc1ccc(-c2nn(C(C)C)c3c2CCCc2nc(N)sc2-3)cn1. The zero-order valence-corrected chi connectivity index (χ0v) is 15.0. The van der Waals surface area contributed by atoms with Crippen molar-refractivity contribution in [2.45, 2.75) is 46.1 Å². The smallest absolute Gasteiger partial charge is 0.180 e. The zero-order chi connectivity index (χ0) is 16.8. The molecule has 3 aromatic rings. The first-order valence-corrected chi connectivity index (χ1v) is 9.16. The third-order valence-electron chi connectivity index (χ3n) is 4.45. The third-order valence-corrected chi connectivity index (χ3v) is 5.39. The van der Waals surface area contributed by atoms with Crippen molar-refractivity contribution in [2.75, 3.05) is 5.73 Å². The van der Waals surface area contributed by atoms with Crippen LogP contribution in [-0.2, 0) is 12.8 Å². The molecule has 6 heteroatoms. The van der Waals surface area contributed by atoms with Gasteiger partial charge in [0.25, 0.3) is 0 Å². The van der Waals surface area contributed by atoms with Crippen molar-refractivity contribution < 1.29 is 0 Å². The lowest BCUT2D eigenvalue weighted by atomic mass is 10.0. The Hall–Kier alpha value is -2.21. The first-order valence-electron chi connectivity index (χ1n) is 8.34. The van der Waals surface area contributed by atoms with E-state index in [-0.39, 0.29) is 6.04 Å². The van der Waals surface area contributed by atoms with Crippen LogP contribution in [0.25, 0.3) is 21.8 Å². The maximum atomic E-state index is 5.99. The summed E-state index contributed by atoms with van der Waals surface area (Å²) in [6, 6.07) is 4.44. The number of nitrogens with two attached hydrogens (primary N) is 1. The molecule has 0 spiro atoms. The van der Waals surface area contributed by atoms with Crippen molar-refractivity contribution in [3.8, 4) is 21.8 Å². The van der Waals surface area contributed by atoms with Crippen molar-refractivity contribution in [1.29, 1.82) is 0 Å². The van der Waals surface area contributed by atoms with E-state index in [2.05, 4.69) is 34.6 Å². The van der Waals surface area contributed by atoms with Gasteiger partial charge in [-0.3, -0.25) is 9.67 Å². The fourth-order valence-electron chi connectivity index (χ4n) is 3.32. The van der Waals surface area contributed by atoms with Crippen LogP contribution >= 0.6 is 11.3 Å². The second-order valence-corrected chi connectivity index (χ2v) is 7.61. The second-order valence-electron chi connectivity index (χ2n) is 6.58. The minimum atomic E-state index is 0.278. The van der Waals surface area contributed by atoms with Crippen LogP contribution in [0.3, 0.4) is 0 Å². The predicted molar refractivity (Wildman–Crippen MR) is 98.1 cm³/mol. The summed E-state index contributed by atoms with van der Waals surface area (Å²) < 4.78 is 2.13. The average Bonchev–Trinajstić information content (AvgIpc) is 3.05. The summed E-state index contributed by atoms with van der Waals surface area (Å²) >= 11 is 1.58. The summed E-state index contributed by atoms with van der Waals surface area (Å²) in [6.45, 7) is 6.34. The van der Waals surface area contributed by atoms with Crippen LogP contribution in [0.1, 0.15) is 43.3 Å². The molecule has 0 fully saturated rings. The quantitative estimate of drug-likeness (QED) is 0.765. The molecule has 3 heterocycles. The summed E-state index contributed by atoms with van der Waals surface area (Å²) in [5.74, 6) is 0. The van der Waals surface area contributed by atoms with Gasteiger partial charge in [-0.15, -0.1) is 0 Å². The molecule has 5 nitrogen and oxygen atoms in total. The monoisotopic (exact) mass is 339 g/mol. The Morgan fingerprint density at radius 3 is 2.79 bits per heavy atom. The average molecular weight is 339 g/mol. The molecule has 24 heavy (non-hydrogen) atoms. The number of rotatable bonds is 2. The van der Waals surface area contributed by atoms with Crippen LogP contribution < -0.4 is 5.73 Å². The molecule has 1 aliphatic rings. The zero-order valence-electron chi connectivity index (χ0n) is 14.2. The highest BCUT2D eigenvalue weighted by Crippen LogP contribution is 2.42.